The summed E-state index contributed by atoms with van der Waals surface area (Å²) in [4.78, 5) is 0. The van der Waals surface area contributed by atoms with Crippen LogP contribution in [0.5, 0.6) is 0 Å². The van der Waals surface area contributed by atoms with Crippen LogP contribution in [0.25, 0.3) is 0 Å². The Kier molecular flexibility index (Phi) is 3.12. The highest BCUT2D eigenvalue weighted by Crippen LogP contribution is 2.14. The van der Waals surface area contributed by atoms with Crippen LogP contribution in [0.4, 0.5) is 5.69 Å². The Morgan fingerprint density at radius 2 is 1.94 bits per heavy atom. The van der Waals surface area contributed by atoms with Gasteiger partial charge in [0, 0.05) is 5.69 Å². The minimum atomic E-state index is -3.62. The second-order valence-electron chi connectivity index (χ2n) is 3.38. The van der Waals surface area contributed by atoms with E-state index in [9.17, 15) is 8.42 Å². The van der Waals surface area contributed by atoms with E-state index in [1.807, 2.05) is 0 Å². The molecule has 0 saturated heterocycles. The molecule has 0 amide bonds. The molecule has 0 fully saturated rings. The predicted octanol–water partition coefficient (Wildman–Crippen LogP) is 0.703. The largest absolute Gasteiger partial charge is 0.392 e. The van der Waals surface area contributed by atoms with Crippen LogP contribution in [0.1, 0.15) is 5.56 Å². The van der Waals surface area contributed by atoms with Crippen molar-refractivity contribution in [2.24, 2.45) is 0 Å². The minimum absolute atomic E-state index is 0.00346. The van der Waals surface area contributed by atoms with E-state index in [2.05, 4.69) is 14.9 Å². The molecule has 3 N–H and O–H groups in total. The smallest absolute Gasteiger partial charge is 0.278 e. The first kappa shape index (κ1) is 11.6. The molecule has 0 spiro atoms. The lowest BCUT2D eigenvalue weighted by atomic mass is 10.2. The fraction of sp³-hybridized carbons (Fsp3) is 0.100. The topological polar surface area (TPSA) is 95.1 Å². The standard InChI is InChI=1S/C10H11N3O3S/c14-7-8-1-3-9(4-2-8)13-17(15,16)10-5-6-11-12-10/h1-6,13-14H,7H2,(H,11,12). The number of nitrogens with one attached hydrogen (secondary N) is 2. The van der Waals surface area contributed by atoms with Crippen molar-refractivity contribution < 1.29 is 13.5 Å². The van der Waals surface area contributed by atoms with E-state index >= 15 is 0 Å². The van der Waals surface area contributed by atoms with Gasteiger partial charge in [-0.25, -0.2) is 0 Å². The molecule has 0 saturated carbocycles. The third-order valence-corrected chi connectivity index (χ3v) is 3.46. The molecule has 0 aliphatic rings. The van der Waals surface area contributed by atoms with Gasteiger partial charge in [-0.1, -0.05) is 12.1 Å². The van der Waals surface area contributed by atoms with E-state index in [1.165, 1.54) is 12.3 Å². The second-order valence-corrected chi connectivity index (χ2v) is 5.03. The van der Waals surface area contributed by atoms with E-state index < -0.39 is 10.0 Å². The number of nitrogens with zero attached hydrogens (tertiary/aromatic N) is 1. The molecule has 0 aliphatic carbocycles. The summed E-state index contributed by atoms with van der Waals surface area (Å²) in [5.41, 5.74) is 1.14. The average Bonchev–Trinajstić information content (AvgIpc) is 2.84. The van der Waals surface area contributed by atoms with E-state index in [-0.39, 0.29) is 11.6 Å². The Morgan fingerprint density at radius 1 is 1.24 bits per heavy atom. The van der Waals surface area contributed by atoms with Crippen molar-refractivity contribution in [1.82, 2.24) is 10.2 Å². The lowest BCUT2D eigenvalue weighted by Crippen LogP contribution is -2.13. The van der Waals surface area contributed by atoms with Crippen LogP contribution in [-0.2, 0) is 16.6 Å². The van der Waals surface area contributed by atoms with E-state index in [0.29, 0.717) is 5.69 Å². The number of rotatable bonds is 4. The number of aliphatic hydroxyl groups excluding tert-OH is 1. The molecule has 2 rings (SSSR count). The minimum Gasteiger partial charge on any atom is -0.392 e. The van der Waals surface area contributed by atoms with Crippen molar-refractivity contribution >= 4 is 15.7 Å². The van der Waals surface area contributed by atoms with Crippen LogP contribution >= 0.6 is 0 Å². The number of hydrogen-bond donors (Lipinski definition) is 3. The van der Waals surface area contributed by atoms with Crippen molar-refractivity contribution in [3.63, 3.8) is 0 Å². The molecule has 0 unspecified atom stereocenters. The number of aromatic amines is 1. The molecule has 90 valence electrons. The summed E-state index contributed by atoms with van der Waals surface area (Å²) in [6, 6.07) is 7.82. The molecular formula is C10H11N3O3S. The van der Waals surface area contributed by atoms with Crippen LogP contribution in [0, 0.1) is 0 Å². The lowest BCUT2D eigenvalue weighted by molar-refractivity contribution is 0.282. The molecule has 0 atom stereocenters. The van der Waals surface area contributed by atoms with Gasteiger partial charge in [0.05, 0.1) is 12.8 Å². The van der Waals surface area contributed by atoms with Gasteiger partial charge in [-0.05, 0) is 23.8 Å². The molecule has 1 heterocycles. The van der Waals surface area contributed by atoms with Crippen molar-refractivity contribution in [3.8, 4) is 0 Å². The second kappa shape index (κ2) is 4.56. The Morgan fingerprint density at radius 3 is 2.47 bits per heavy atom. The third kappa shape index (κ3) is 2.63. The molecule has 6 nitrogen and oxygen atoms in total. The number of aliphatic hydroxyl groups is 1. The van der Waals surface area contributed by atoms with Gasteiger partial charge in [0.1, 0.15) is 0 Å². The monoisotopic (exact) mass is 253 g/mol. The number of benzene rings is 1. The Bertz CT molecular complexity index is 576. The third-order valence-electron chi connectivity index (χ3n) is 2.15. The Balaban J connectivity index is 2.21. The maximum absolute atomic E-state index is 11.8. The maximum atomic E-state index is 11.8. The average molecular weight is 253 g/mol. The Hall–Kier alpha value is -1.86. The van der Waals surface area contributed by atoms with Crippen molar-refractivity contribution in [3.05, 3.63) is 42.1 Å². The van der Waals surface area contributed by atoms with Gasteiger partial charge < -0.3 is 5.11 Å². The Labute approximate surface area is 98.4 Å². The quantitative estimate of drug-likeness (QED) is 0.747. The van der Waals surface area contributed by atoms with E-state index in [1.54, 1.807) is 24.3 Å². The normalized spacial score (nSPS) is 11.4. The van der Waals surface area contributed by atoms with E-state index in [4.69, 9.17) is 5.11 Å². The zero-order valence-corrected chi connectivity index (χ0v) is 9.61. The van der Waals surface area contributed by atoms with Crippen molar-refractivity contribution in [2.45, 2.75) is 11.6 Å². The number of H-pyrrole nitrogens is 1. The lowest BCUT2D eigenvalue weighted by Gasteiger charge is -2.06. The molecule has 0 radical (unpaired) electrons. The zero-order chi connectivity index (χ0) is 12.3. The van der Waals surface area contributed by atoms with Gasteiger partial charge in [-0.15, -0.1) is 0 Å². The molecule has 7 heteroatoms. The molecule has 0 bridgehead atoms. The van der Waals surface area contributed by atoms with Gasteiger partial charge in [0.2, 0.25) is 0 Å². The maximum Gasteiger partial charge on any atom is 0.278 e. The molecule has 2 aromatic rings. The van der Waals surface area contributed by atoms with Crippen LogP contribution in [0.2, 0.25) is 0 Å². The fourth-order valence-corrected chi connectivity index (χ4v) is 2.25. The van der Waals surface area contributed by atoms with Gasteiger partial charge in [-0.2, -0.15) is 13.5 Å². The van der Waals surface area contributed by atoms with Crippen LogP contribution < -0.4 is 4.72 Å². The van der Waals surface area contributed by atoms with Gasteiger partial charge in [0.15, 0.2) is 5.03 Å². The molecule has 0 aliphatic heterocycles. The summed E-state index contributed by atoms with van der Waals surface area (Å²) < 4.78 is 26.0. The van der Waals surface area contributed by atoms with Crippen molar-refractivity contribution in [1.29, 1.82) is 0 Å². The first-order valence-electron chi connectivity index (χ1n) is 4.84. The number of aromatic nitrogens is 2. The fourth-order valence-electron chi connectivity index (χ4n) is 1.28. The molecule has 1 aromatic carbocycles. The van der Waals surface area contributed by atoms with Crippen LogP contribution in [0.3, 0.4) is 0 Å². The van der Waals surface area contributed by atoms with Crippen LogP contribution in [0.15, 0.2) is 41.6 Å². The number of hydrogen-bond acceptors (Lipinski definition) is 4. The van der Waals surface area contributed by atoms with E-state index in [0.717, 1.165) is 5.56 Å². The summed E-state index contributed by atoms with van der Waals surface area (Å²) in [7, 11) is -3.62. The highest BCUT2D eigenvalue weighted by molar-refractivity contribution is 7.92. The molecule has 17 heavy (non-hydrogen) atoms. The summed E-state index contributed by atoms with van der Waals surface area (Å²) in [5, 5.41) is 14.8. The summed E-state index contributed by atoms with van der Waals surface area (Å²) in [6.07, 6.45) is 1.36. The first-order valence-corrected chi connectivity index (χ1v) is 6.32. The number of anilines is 1. The summed E-state index contributed by atoms with van der Waals surface area (Å²) in [5.74, 6) is 0. The van der Waals surface area contributed by atoms with Crippen molar-refractivity contribution in [2.75, 3.05) is 4.72 Å². The van der Waals surface area contributed by atoms with Crippen LogP contribution in [-0.4, -0.2) is 23.7 Å². The first-order chi connectivity index (χ1) is 8.12. The van der Waals surface area contributed by atoms with Gasteiger partial charge in [-0.3, -0.25) is 9.82 Å². The predicted molar refractivity (Wildman–Crippen MR) is 61.8 cm³/mol. The van der Waals surface area contributed by atoms with Gasteiger partial charge in [0.25, 0.3) is 10.0 Å². The zero-order valence-electron chi connectivity index (χ0n) is 8.79. The summed E-state index contributed by atoms with van der Waals surface area (Å²) >= 11 is 0. The highest BCUT2D eigenvalue weighted by Gasteiger charge is 2.14. The highest BCUT2D eigenvalue weighted by atomic mass is 32.2. The summed E-state index contributed by atoms with van der Waals surface area (Å²) in [6.45, 7) is -0.0758. The molecular weight excluding hydrogens is 242 g/mol. The number of sulfonamides is 1. The van der Waals surface area contributed by atoms with Gasteiger partial charge >= 0.3 is 0 Å². The SMILES string of the molecule is O=S(=O)(Nc1ccc(CO)cc1)c1ccn[nH]1. The molecule has 1 aromatic heterocycles.